The number of rotatable bonds is 3. The number of hydrogen-bond donors (Lipinski definition) is 1. The van der Waals surface area contributed by atoms with E-state index in [1.54, 1.807) is 11.8 Å². The quantitative estimate of drug-likeness (QED) is 0.826. The summed E-state index contributed by atoms with van der Waals surface area (Å²) in [6.45, 7) is 3.42. The summed E-state index contributed by atoms with van der Waals surface area (Å²) in [5.41, 5.74) is 0.771. The van der Waals surface area contributed by atoms with Crippen molar-refractivity contribution in [1.29, 1.82) is 0 Å². The molecular formula is C17H24ClN3O2S. The molecule has 0 spiro atoms. The third-order valence-corrected chi connectivity index (χ3v) is 5.38. The van der Waals surface area contributed by atoms with Crippen molar-refractivity contribution in [2.24, 2.45) is 0 Å². The molecule has 24 heavy (non-hydrogen) atoms. The summed E-state index contributed by atoms with van der Waals surface area (Å²) in [4.78, 5) is 29.9. The van der Waals surface area contributed by atoms with Gasteiger partial charge in [-0.05, 0) is 31.2 Å². The molecule has 132 valence electrons. The number of benzene rings is 1. The zero-order chi connectivity index (χ0) is 16.2. The number of carbonyl (C=O) groups is 2. The Balaban J connectivity index is 0.00000208. The smallest absolute Gasteiger partial charge is 0.255 e. The molecule has 0 aliphatic carbocycles. The molecule has 2 aliphatic heterocycles. The summed E-state index contributed by atoms with van der Waals surface area (Å²) >= 11 is 1.60. The van der Waals surface area contributed by atoms with Crippen LogP contribution < -0.4 is 5.32 Å². The number of amides is 2. The summed E-state index contributed by atoms with van der Waals surface area (Å²) < 4.78 is 0. The van der Waals surface area contributed by atoms with E-state index in [1.165, 1.54) is 0 Å². The SMILES string of the molecule is CSc1ccccc1C(=O)N1CCCC(N2CCNCC2=O)C1.Cl. The number of nitrogens with one attached hydrogen (secondary N) is 1. The first-order valence-electron chi connectivity index (χ1n) is 8.13. The molecule has 1 aromatic rings. The predicted molar refractivity (Wildman–Crippen MR) is 99.0 cm³/mol. The van der Waals surface area contributed by atoms with E-state index in [0.29, 0.717) is 13.1 Å². The van der Waals surface area contributed by atoms with Gasteiger partial charge in [-0.2, -0.15) is 0 Å². The minimum absolute atomic E-state index is 0. The van der Waals surface area contributed by atoms with Crippen LogP contribution in [0, 0.1) is 0 Å². The molecule has 0 saturated carbocycles. The van der Waals surface area contributed by atoms with E-state index >= 15 is 0 Å². The van der Waals surface area contributed by atoms with E-state index in [2.05, 4.69) is 5.32 Å². The number of carbonyl (C=O) groups excluding carboxylic acids is 2. The monoisotopic (exact) mass is 369 g/mol. The Morgan fingerprint density at radius 3 is 2.83 bits per heavy atom. The molecule has 0 radical (unpaired) electrons. The lowest BCUT2D eigenvalue weighted by Crippen LogP contribution is -2.57. The largest absolute Gasteiger partial charge is 0.337 e. The fourth-order valence-electron chi connectivity index (χ4n) is 3.39. The predicted octanol–water partition coefficient (Wildman–Crippen LogP) is 1.87. The number of piperidine rings is 1. The Morgan fingerprint density at radius 1 is 1.29 bits per heavy atom. The van der Waals surface area contributed by atoms with Gasteiger partial charge in [0.2, 0.25) is 5.91 Å². The van der Waals surface area contributed by atoms with Crippen LogP contribution in [-0.2, 0) is 4.79 Å². The van der Waals surface area contributed by atoms with Gasteiger partial charge in [0, 0.05) is 37.1 Å². The number of nitrogens with zero attached hydrogens (tertiary/aromatic N) is 2. The van der Waals surface area contributed by atoms with Crippen LogP contribution in [0.2, 0.25) is 0 Å². The van der Waals surface area contributed by atoms with Crippen LogP contribution in [-0.4, -0.2) is 66.6 Å². The molecule has 0 bridgehead atoms. The van der Waals surface area contributed by atoms with Gasteiger partial charge < -0.3 is 15.1 Å². The summed E-state index contributed by atoms with van der Waals surface area (Å²) in [5, 5.41) is 3.10. The van der Waals surface area contributed by atoms with Gasteiger partial charge in [0.15, 0.2) is 0 Å². The van der Waals surface area contributed by atoms with Crippen molar-refractivity contribution in [3.63, 3.8) is 0 Å². The molecule has 1 unspecified atom stereocenters. The van der Waals surface area contributed by atoms with E-state index in [-0.39, 0.29) is 30.3 Å². The van der Waals surface area contributed by atoms with Crippen molar-refractivity contribution in [3.8, 4) is 0 Å². The van der Waals surface area contributed by atoms with Gasteiger partial charge in [-0.1, -0.05) is 12.1 Å². The molecule has 2 fully saturated rings. The Morgan fingerprint density at radius 2 is 2.08 bits per heavy atom. The Kier molecular flexibility index (Phi) is 6.95. The zero-order valence-electron chi connectivity index (χ0n) is 13.9. The highest BCUT2D eigenvalue weighted by atomic mass is 35.5. The van der Waals surface area contributed by atoms with Gasteiger partial charge in [-0.25, -0.2) is 0 Å². The minimum Gasteiger partial charge on any atom is -0.337 e. The van der Waals surface area contributed by atoms with Crippen molar-refractivity contribution < 1.29 is 9.59 Å². The molecule has 2 amide bonds. The second kappa shape index (κ2) is 8.74. The molecule has 2 heterocycles. The maximum Gasteiger partial charge on any atom is 0.255 e. The molecule has 0 aromatic heterocycles. The Bertz CT molecular complexity index is 599. The fraction of sp³-hybridized carbons (Fsp3) is 0.529. The molecule has 5 nitrogen and oxygen atoms in total. The highest BCUT2D eigenvalue weighted by Crippen LogP contribution is 2.24. The van der Waals surface area contributed by atoms with Crippen LogP contribution in [0.4, 0.5) is 0 Å². The average molecular weight is 370 g/mol. The number of hydrogen-bond acceptors (Lipinski definition) is 4. The molecule has 1 atom stereocenters. The van der Waals surface area contributed by atoms with Crippen LogP contribution in [0.5, 0.6) is 0 Å². The summed E-state index contributed by atoms with van der Waals surface area (Å²) in [6.07, 6.45) is 3.93. The van der Waals surface area contributed by atoms with E-state index in [9.17, 15) is 9.59 Å². The van der Waals surface area contributed by atoms with Crippen LogP contribution in [0.15, 0.2) is 29.2 Å². The lowest BCUT2D eigenvalue weighted by atomic mass is 10.0. The molecular weight excluding hydrogens is 346 g/mol. The van der Waals surface area contributed by atoms with E-state index in [0.717, 1.165) is 42.9 Å². The first-order chi connectivity index (χ1) is 11.2. The normalized spacial score (nSPS) is 21.4. The second-order valence-corrected chi connectivity index (χ2v) is 6.86. The van der Waals surface area contributed by atoms with Crippen molar-refractivity contribution >= 4 is 36.0 Å². The average Bonchev–Trinajstić information content (AvgIpc) is 2.61. The third kappa shape index (κ3) is 4.05. The number of likely N-dealkylation sites (tertiary alicyclic amines) is 1. The van der Waals surface area contributed by atoms with Gasteiger partial charge in [0.1, 0.15) is 0 Å². The first-order valence-corrected chi connectivity index (χ1v) is 9.35. The summed E-state index contributed by atoms with van der Waals surface area (Å²) in [7, 11) is 0. The number of thioether (sulfide) groups is 1. The maximum atomic E-state index is 12.9. The van der Waals surface area contributed by atoms with E-state index in [4.69, 9.17) is 0 Å². The zero-order valence-corrected chi connectivity index (χ0v) is 15.5. The van der Waals surface area contributed by atoms with Crippen LogP contribution in [0.3, 0.4) is 0 Å². The molecule has 2 saturated heterocycles. The van der Waals surface area contributed by atoms with Gasteiger partial charge in [-0.15, -0.1) is 24.2 Å². The summed E-state index contributed by atoms with van der Waals surface area (Å²) in [5.74, 6) is 0.238. The van der Waals surface area contributed by atoms with Crippen molar-refractivity contribution in [2.45, 2.75) is 23.8 Å². The molecule has 1 aromatic carbocycles. The van der Waals surface area contributed by atoms with Crippen molar-refractivity contribution in [3.05, 3.63) is 29.8 Å². The fourth-order valence-corrected chi connectivity index (χ4v) is 3.98. The van der Waals surface area contributed by atoms with E-state index in [1.807, 2.05) is 40.3 Å². The summed E-state index contributed by atoms with van der Waals surface area (Å²) in [6, 6.07) is 7.91. The first kappa shape index (κ1) is 19.1. The lowest BCUT2D eigenvalue weighted by molar-refractivity contribution is -0.135. The molecule has 1 N–H and O–H groups in total. The standard InChI is InChI=1S/C17H23N3O2S.ClH/c1-23-15-7-3-2-6-14(15)17(22)19-9-4-5-13(12-19)20-10-8-18-11-16(20)21;/h2-3,6-7,13,18H,4-5,8-12H2,1H3;1H. The topological polar surface area (TPSA) is 52.7 Å². The van der Waals surface area contributed by atoms with Crippen LogP contribution in [0.1, 0.15) is 23.2 Å². The van der Waals surface area contributed by atoms with Crippen molar-refractivity contribution in [1.82, 2.24) is 15.1 Å². The maximum absolute atomic E-state index is 12.9. The molecule has 3 rings (SSSR count). The van der Waals surface area contributed by atoms with Gasteiger partial charge in [0.05, 0.1) is 12.1 Å². The number of piperazine rings is 1. The second-order valence-electron chi connectivity index (χ2n) is 6.01. The van der Waals surface area contributed by atoms with E-state index < -0.39 is 0 Å². The van der Waals surface area contributed by atoms with Crippen molar-refractivity contribution in [2.75, 3.05) is 39.0 Å². The van der Waals surface area contributed by atoms with Crippen LogP contribution in [0.25, 0.3) is 0 Å². The van der Waals surface area contributed by atoms with Gasteiger partial charge in [0.25, 0.3) is 5.91 Å². The van der Waals surface area contributed by atoms with Crippen LogP contribution >= 0.6 is 24.2 Å². The molecule has 2 aliphatic rings. The molecule has 7 heteroatoms. The third-order valence-electron chi connectivity index (χ3n) is 4.59. The highest BCUT2D eigenvalue weighted by Gasteiger charge is 2.32. The lowest BCUT2D eigenvalue weighted by Gasteiger charge is -2.41. The minimum atomic E-state index is 0. The van der Waals surface area contributed by atoms with Gasteiger partial charge >= 0.3 is 0 Å². The Labute approximate surface area is 153 Å². The number of halogens is 1. The highest BCUT2D eigenvalue weighted by molar-refractivity contribution is 7.98. The Hall–Kier alpha value is -1.24. The van der Waals surface area contributed by atoms with Gasteiger partial charge in [-0.3, -0.25) is 9.59 Å².